The van der Waals surface area contributed by atoms with Crippen molar-refractivity contribution in [1.82, 2.24) is 4.98 Å². The molecule has 0 unspecified atom stereocenters. The number of benzene rings is 1. The molecule has 2 rings (SSSR count). The first-order chi connectivity index (χ1) is 11.2. The van der Waals surface area contributed by atoms with Crippen molar-refractivity contribution in [3.63, 3.8) is 0 Å². The van der Waals surface area contributed by atoms with Gasteiger partial charge in [-0.25, -0.2) is 13.4 Å². The van der Waals surface area contributed by atoms with Gasteiger partial charge in [-0.1, -0.05) is 0 Å². The van der Waals surface area contributed by atoms with Gasteiger partial charge in [0.1, 0.15) is 11.0 Å². The lowest BCUT2D eigenvalue weighted by Gasteiger charge is -2.09. The van der Waals surface area contributed by atoms with Crippen LogP contribution in [0, 0.1) is 0 Å². The number of rotatable bonds is 6. The fourth-order valence-electron chi connectivity index (χ4n) is 1.84. The van der Waals surface area contributed by atoms with Crippen molar-refractivity contribution in [3.05, 3.63) is 29.6 Å². The Morgan fingerprint density at radius 3 is 2.38 bits per heavy atom. The topological polar surface area (TPSA) is 85.4 Å². The highest BCUT2D eigenvalue weighted by atomic mass is 32.2. The standard InChI is InChI=1S/C16H20N2O4S2/c1-10(2)22-13-7-5-12(6-8-13)14-9-23-16(17-14)18-15(19)11(3)24(4,20)21/h5-11H,1-4H3,(H,17,18,19)/t11-/m1/s1. The normalized spacial score (nSPS) is 12.9. The second-order valence-corrected chi connectivity index (χ2v) is 8.91. The average Bonchev–Trinajstić information content (AvgIpc) is 2.94. The summed E-state index contributed by atoms with van der Waals surface area (Å²) >= 11 is 1.25. The number of nitrogens with one attached hydrogen (secondary N) is 1. The fourth-order valence-corrected chi connectivity index (χ4v) is 3.01. The fraction of sp³-hybridized carbons (Fsp3) is 0.375. The number of carbonyl (C=O) groups is 1. The van der Waals surface area contributed by atoms with Crippen LogP contribution >= 0.6 is 11.3 Å². The molecule has 0 aliphatic heterocycles. The molecule has 0 radical (unpaired) electrons. The third-order valence-corrected chi connectivity index (χ3v) is 5.52. The summed E-state index contributed by atoms with van der Waals surface area (Å²) in [6.07, 6.45) is 1.14. The molecule has 6 nitrogen and oxygen atoms in total. The zero-order valence-corrected chi connectivity index (χ0v) is 15.6. The number of hydrogen-bond acceptors (Lipinski definition) is 6. The van der Waals surface area contributed by atoms with Gasteiger partial charge in [0.25, 0.3) is 0 Å². The molecule has 0 saturated heterocycles. The van der Waals surface area contributed by atoms with Crippen LogP contribution in [0.1, 0.15) is 20.8 Å². The Bertz CT molecular complexity index is 811. The first kappa shape index (κ1) is 18.4. The molecule has 0 aliphatic rings. The summed E-state index contributed by atoms with van der Waals surface area (Å²) in [7, 11) is -3.43. The molecule has 1 heterocycles. The van der Waals surface area contributed by atoms with E-state index in [4.69, 9.17) is 4.74 Å². The lowest BCUT2D eigenvalue weighted by Crippen LogP contribution is -2.31. The smallest absolute Gasteiger partial charge is 0.244 e. The highest BCUT2D eigenvalue weighted by molar-refractivity contribution is 7.92. The summed E-state index contributed by atoms with van der Waals surface area (Å²) in [5.41, 5.74) is 1.59. The van der Waals surface area contributed by atoms with E-state index in [-0.39, 0.29) is 6.10 Å². The molecule has 0 saturated carbocycles. The number of carbonyl (C=O) groups excluding carboxylic acids is 1. The Balaban J connectivity index is 2.09. The number of nitrogens with zero attached hydrogens (tertiary/aromatic N) is 1. The molecule has 1 amide bonds. The summed E-state index contributed by atoms with van der Waals surface area (Å²) in [4.78, 5) is 16.2. The average molecular weight is 368 g/mol. The minimum atomic E-state index is -3.43. The molecule has 130 valence electrons. The lowest BCUT2D eigenvalue weighted by molar-refractivity contribution is -0.115. The monoisotopic (exact) mass is 368 g/mol. The molecule has 24 heavy (non-hydrogen) atoms. The maximum atomic E-state index is 11.9. The number of anilines is 1. The first-order valence-corrected chi connectivity index (χ1v) is 10.2. The number of hydrogen-bond donors (Lipinski definition) is 1. The summed E-state index contributed by atoms with van der Waals surface area (Å²) in [6, 6.07) is 7.49. The van der Waals surface area contributed by atoms with E-state index in [2.05, 4.69) is 10.3 Å². The molecule has 0 aliphatic carbocycles. The second kappa shape index (κ2) is 7.31. The predicted octanol–water partition coefficient (Wildman–Crippen LogP) is 2.97. The van der Waals surface area contributed by atoms with E-state index in [0.29, 0.717) is 10.8 Å². The maximum Gasteiger partial charge on any atom is 0.244 e. The number of amides is 1. The first-order valence-electron chi connectivity index (χ1n) is 7.39. The quantitative estimate of drug-likeness (QED) is 0.847. The zero-order chi connectivity index (χ0) is 17.9. The van der Waals surface area contributed by atoms with Gasteiger partial charge < -0.3 is 10.1 Å². The Kier molecular flexibility index (Phi) is 5.61. The third kappa shape index (κ3) is 4.78. The lowest BCUT2D eigenvalue weighted by atomic mass is 10.2. The Hall–Kier alpha value is -1.93. The van der Waals surface area contributed by atoms with Gasteiger partial charge in [-0.05, 0) is 45.0 Å². The van der Waals surface area contributed by atoms with Gasteiger partial charge in [0.2, 0.25) is 5.91 Å². The van der Waals surface area contributed by atoms with Gasteiger partial charge in [0.15, 0.2) is 15.0 Å². The van der Waals surface area contributed by atoms with E-state index >= 15 is 0 Å². The van der Waals surface area contributed by atoms with E-state index < -0.39 is 21.0 Å². The minimum Gasteiger partial charge on any atom is -0.491 e. The van der Waals surface area contributed by atoms with Crippen LogP contribution in [-0.4, -0.2) is 36.9 Å². The molecule has 8 heteroatoms. The van der Waals surface area contributed by atoms with Gasteiger partial charge in [-0.15, -0.1) is 11.3 Å². The van der Waals surface area contributed by atoms with Crippen LogP contribution in [0.5, 0.6) is 5.75 Å². The van der Waals surface area contributed by atoms with Crippen LogP contribution in [0.3, 0.4) is 0 Å². The molecule has 1 aromatic carbocycles. The van der Waals surface area contributed by atoms with Crippen molar-refractivity contribution in [2.45, 2.75) is 32.1 Å². The number of sulfone groups is 1. The molecular weight excluding hydrogens is 348 g/mol. The summed E-state index contributed by atoms with van der Waals surface area (Å²) in [5.74, 6) is 0.193. The van der Waals surface area contributed by atoms with Crippen LogP contribution in [0.15, 0.2) is 29.6 Å². The SMILES string of the molecule is CC(C)Oc1ccc(-c2csc(NC(=O)[C@@H](C)S(C)(=O)=O)n2)cc1. The van der Waals surface area contributed by atoms with E-state index in [1.54, 1.807) is 5.38 Å². The Morgan fingerprint density at radius 2 is 1.83 bits per heavy atom. The van der Waals surface area contributed by atoms with Crippen LogP contribution < -0.4 is 10.1 Å². The Morgan fingerprint density at radius 1 is 1.21 bits per heavy atom. The van der Waals surface area contributed by atoms with Crippen LogP contribution in [0.4, 0.5) is 5.13 Å². The highest BCUT2D eigenvalue weighted by Gasteiger charge is 2.24. The highest BCUT2D eigenvalue weighted by Crippen LogP contribution is 2.27. The summed E-state index contributed by atoms with van der Waals surface area (Å²) in [6.45, 7) is 5.27. The van der Waals surface area contributed by atoms with Gasteiger partial charge in [0.05, 0.1) is 11.8 Å². The van der Waals surface area contributed by atoms with Crippen LogP contribution in [0.2, 0.25) is 0 Å². The van der Waals surface area contributed by atoms with E-state index in [1.807, 2.05) is 38.1 Å². The second-order valence-electron chi connectivity index (χ2n) is 5.69. The van der Waals surface area contributed by atoms with Crippen LogP contribution in [0.25, 0.3) is 11.3 Å². The van der Waals surface area contributed by atoms with Gasteiger partial charge in [-0.3, -0.25) is 4.79 Å². The summed E-state index contributed by atoms with van der Waals surface area (Å²) < 4.78 is 28.4. The van der Waals surface area contributed by atoms with E-state index in [1.165, 1.54) is 18.3 Å². The predicted molar refractivity (Wildman–Crippen MR) is 96.2 cm³/mol. The van der Waals surface area contributed by atoms with Gasteiger partial charge in [0, 0.05) is 17.2 Å². The van der Waals surface area contributed by atoms with Gasteiger partial charge in [-0.2, -0.15) is 0 Å². The minimum absolute atomic E-state index is 0.105. The largest absolute Gasteiger partial charge is 0.491 e. The van der Waals surface area contributed by atoms with Crippen LogP contribution in [-0.2, 0) is 14.6 Å². The van der Waals surface area contributed by atoms with Crippen molar-refractivity contribution in [2.75, 3.05) is 11.6 Å². The number of aromatic nitrogens is 1. The van der Waals surface area contributed by atoms with Crippen molar-refractivity contribution in [3.8, 4) is 17.0 Å². The molecule has 0 fully saturated rings. The van der Waals surface area contributed by atoms with E-state index in [9.17, 15) is 13.2 Å². The maximum absolute atomic E-state index is 11.9. The third-order valence-electron chi connectivity index (χ3n) is 3.27. The van der Waals surface area contributed by atoms with E-state index in [0.717, 1.165) is 17.6 Å². The zero-order valence-electron chi connectivity index (χ0n) is 13.9. The molecule has 1 atom stereocenters. The molecular formula is C16H20N2O4S2. The molecule has 1 N–H and O–H groups in total. The number of thiazole rings is 1. The molecule has 0 bridgehead atoms. The van der Waals surface area contributed by atoms with Crippen molar-refractivity contribution in [2.24, 2.45) is 0 Å². The van der Waals surface area contributed by atoms with Gasteiger partial charge >= 0.3 is 0 Å². The van der Waals surface area contributed by atoms with Crippen molar-refractivity contribution >= 4 is 32.2 Å². The summed E-state index contributed by atoms with van der Waals surface area (Å²) in [5, 5.41) is 3.60. The molecule has 0 spiro atoms. The number of ether oxygens (including phenoxy) is 1. The van der Waals surface area contributed by atoms with Crippen molar-refractivity contribution < 1.29 is 17.9 Å². The molecule has 1 aromatic heterocycles. The Labute approximate surface area is 145 Å². The van der Waals surface area contributed by atoms with Crippen molar-refractivity contribution in [1.29, 1.82) is 0 Å². The molecule has 2 aromatic rings.